The van der Waals surface area contributed by atoms with E-state index in [1.165, 1.54) is 0 Å². The third kappa shape index (κ3) is 3.45. The molecule has 1 rings (SSSR count). The fourth-order valence-electron chi connectivity index (χ4n) is 0.836. The molecule has 3 N–H and O–H groups in total. The standard InChI is InChI=1S/C9H11BrN2O2/c10-8-3-1-7(2-4-8)9(13)12-14-6-5-11/h1-4H,5-6,11H2,(H,12,13). The number of carbonyl (C=O) groups is 1. The van der Waals surface area contributed by atoms with Gasteiger partial charge in [0, 0.05) is 16.6 Å². The number of benzene rings is 1. The van der Waals surface area contributed by atoms with Crippen LogP contribution in [0, 0.1) is 0 Å². The van der Waals surface area contributed by atoms with Crippen LogP contribution in [0.3, 0.4) is 0 Å². The fraction of sp³-hybridized carbons (Fsp3) is 0.222. The van der Waals surface area contributed by atoms with E-state index in [2.05, 4.69) is 21.4 Å². The number of hydrogen-bond acceptors (Lipinski definition) is 3. The summed E-state index contributed by atoms with van der Waals surface area (Å²) in [5.41, 5.74) is 8.02. The Labute approximate surface area is 90.5 Å². The monoisotopic (exact) mass is 258 g/mol. The maximum atomic E-state index is 11.3. The maximum absolute atomic E-state index is 11.3. The highest BCUT2D eigenvalue weighted by molar-refractivity contribution is 9.10. The van der Waals surface area contributed by atoms with E-state index >= 15 is 0 Å². The van der Waals surface area contributed by atoms with Gasteiger partial charge in [-0.15, -0.1) is 0 Å². The number of halogens is 1. The van der Waals surface area contributed by atoms with Gasteiger partial charge in [0.25, 0.3) is 5.91 Å². The van der Waals surface area contributed by atoms with Crippen LogP contribution in [0.5, 0.6) is 0 Å². The van der Waals surface area contributed by atoms with Gasteiger partial charge in [-0.1, -0.05) is 15.9 Å². The average molecular weight is 259 g/mol. The number of rotatable bonds is 4. The molecular weight excluding hydrogens is 248 g/mol. The second-order valence-electron chi connectivity index (χ2n) is 2.58. The SMILES string of the molecule is NCCONC(=O)c1ccc(Br)cc1. The topological polar surface area (TPSA) is 64.3 Å². The zero-order valence-electron chi connectivity index (χ0n) is 7.50. The van der Waals surface area contributed by atoms with Crippen molar-refractivity contribution in [2.75, 3.05) is 13.2 Å². The smallest absolute Gasteiger partial charge is 0.274 e. The summed E-state index contributed by atoms with van der Waals surface area (Å²) in [5, 5.41) is 0. The first-order valence-corrected chi connectivity index (χ1v) is 4.91. The summed E-state index contributed by atoms with van der Waals surface area (Å²) in [6.07, 6.45) is 0. The van der Waals surface area contributed by atoms with Crippen molar-refractivity contribution in [1.29, 1.82) is 0 Å². The molecule has 14 heavy (non-hydrogen) atoms. The van der Waals surface area contributed by atoms with E-state index in [1.807, 2.05) is 0 Å². The number of nitrogens with two attached hydrogens (primary N) is 1. The van der Waals surface area contributed by atoms with Crippen LogP contribution in [0.4, 0.5) is 0 Å². The first-order chi connectivity index (χ1) is 6.74. The van der Waals surface area contributed by atoms with E-state index in [0.29, 0.717) is 18.7 Å². The Morgan fingerprint density at radius 3 is 2.64 bits per heavy atom. The van der Waals surface area contributed by atoms with Crippen molar-refractivity contribution in [3.8, 4) is 0 Å². The van der Waals surface area contributed by atoms with Crippen molar-refractivity contribution < 1.29 is 9.63 Å². The van der Waals surface area contributed by atoms with E-state index in [1.54, 1.807) is 24.3 Å². The second-order valence-corrected chi connectivity index (χ2v) is 3.49. The minimum Gasteiger partial charge on any atom is -0.328 e. The van der Waals surface area contributed by atoms with E-state index in [9.17, 15) is 4.79 Å². The van der Waals surface area contributed by atoms with Gasteiger partial charge >= 0.3 is 0 Å². The molecule has 0 aliphatic carbocycles. The minimum atomic E-state index is -0.272. The molecule has 0 saturated carbocycles. The average Bonchev–Trinajstić information content (AvgIpc) is 2.19. The van der Waals surface area contributed by atoms with Crippen molar-refractivity contribution in [2.45, 2.75) is 0 Å². The second kappa shape index (κ2) is 5.74. The van der Waals surface area contributed by atoms with Crippen LogP contribution in [0.2, 0.25) is 0 Å². The first kappa shape index (κ1) is 11.2. The highest BCUT2D eigenvalue weighted by atomic mass is 79.9. The van der Waals surface area contributed by atoms with Crippen LogP contribution in [0.1, 0.15) is 10.4 Å². The summed E-state index contributed by atoms with van der Waals surface area (Å²) in [6, 6.07) is 6.98. The Balaban J connectivity index is 2.48. The summed E-state index contributed by atoms with van der Waals surface area (Å²) < 4.78 is 0.928. The molecule has 0 aromatic heterocycles. The van der Waals surface area contributed by atoms with Gasteiger partial charge in [0.1, 0.15) is 0 Å². The third-order valence-electron chi connectivity index (χ3n) is 1.49. The summed E-state index contributed by atoms with van der Waals surface area (Å²) in [6.45, 7) is 0.683. The van der Waals surface area contributed by atoms with Crippen LogP contribution in [0.25, 0.3) is 0 Å². The minimum absolute atomic E-state index is 0.272. The van der Waals surface area contributed by atoms with Crippen molar-refractivity contribution in [3.63, 3.8) is 0 Å². The van der Waals surface area contributed by atoms with Gasteiger partial charge in [-0.3, -0.25) is 9.63 Å². The normalized spacial score (nSPS) is 9.86. The number of nitrogens with one attached hydrogen (secondary N) is 1. The molecule has 0 atom stereocenters. The largest absolute Gasteiger partial charge is 0.328 e. The molecule has 5 heteroatoms. The molecule has 1 aromatic carbocycles. The quantitative estimate of drug-likeness (QED) is 0.628. The van der Waals surface area contributed by atoms with Gasteiger partial charge in [-0.25, -0.2) is 5.48 Å². The maximum Gasteiger partial charge on any atom is 0.274 e. The van der Waals surface area contributed by atoms with Crippen molar-refractivity contribution >= 4 is 21.8 Å². The van der Waals surface area contributed by atoms with E-state index in [-0.39, 0.29) is 5.91 Å². The molecule has 0 aliphatic heterocycles. The molecule has 1 aromatic rings. The zero-order valence-corrected chi connectivity index (χ0v) is 9.08. The van der Waals surface area contributed by atoms with Crippen LogP contribution < -0.4 is 11.2 Å². The van der Waals surface area contributed by atoms with Crippen LogP contribution in [0.15, 0.2) is 28.7 Å². The lowest BCUT2D eigenvalue weighted by molar-refractivity contribution is 0.0343. The molecule has 0 unspecified atom stereocenters. The van der Waals surface area contributed by atoms with E-state index in [0.717, 1.165) is 4.47 Å². The molecule has 0 spiro atoms. The van der Waals surface area contributed by atoms with Crippen molar-refractivity contribution in [3.05, 3.63) is 34.3 Å². The fourth-order valence-corrected chi connectivity index (χ4v) is 1.10. The Hall–Kier alpha value is -0.910. The molecule has 1 amide bonds. The molecular formula is C9H11BrN2O2. The summed E-state index contributed by atoms with van der Waals surface area (Å²) >= 11 is 3.28. The zero-order chi connectivity index (χ0) is 10.4. The summed E-state index contributed by atoms with van der Waals surface area (Å²) in [7, 11) is 0. The third-order valence-corrected chi connectivity index (χ3v) is 2.02. The lowest BCUT2D eigenvalue weighted by atomic mass is 10.2. The Morgan fingerprint density at radius 1 is 1.43 bits per heavy atom. The molecule has 0 saturated heterocycles. The summed E-state index contributed by atoms with van der Waals surface area (Å²) in [5.74, 6) is -0.272. The van der Waals surface area contributed by atoms with Crippen LogP contribution in [-0.2, 0) is 4.84 Å². The van der Waals surface area contributed by atoms with Crippen molar-refractivity contribution in [2.24, 2.45) is 5.73 Å². The van der Waals surface area contributed by atoms with Crippen molar-refractivity contribution in [1.82, 2.24) is 5.48 Å². The molecule has 0 fully saturated rings. The van der Waals surface area contributed by atoms with Crippen LogP contribution in [-0.4, -0.2) is 19.1 Å². The number of amides is 1. The Kier molecular flexibility index (Phi) is 4.58. The highest BCUT2D eigenvalue weighted by Gasteiger charge is 2.03. The Bertz CT molecular complexity index is 300. The molecule has 0 radical (unpaired) electrons. The van der Waals surface area contributed by atoms with E-state index < -0.39 is 0 Å². The Morgan fingerprint density at radius 2 is 2.07 bits per heavy atom. The molecule has 0 bridgehead atoms. The van der Waals surface area contributed by atoms with Gasteiger partial charge in [-0.05, 0) is 24.3 Å². The van der Waals surface area contributed by atoms with Gasteiger partial charge in [0.05, 0.1) is 6.61 Å². The van der Waals surface area contributed by atoms with Gasteiger partial charge in [0.2, 0.25) is 0 Å². The van der Waals surface area contributed by atoms with Gasteiger partial charge in [-0.2, -0.15) is 0 Å². The predicted octanol–water partition coefficient (Wildman–Crippen LogP) is 1.07. The summed E-state index contributed by atoms with van der Waals surface area (Å²) in [4.78, 5) is 16.1. The lowest BCUT2D eigenvalue weighted by Crippen LogP contribution is -2.26. The first-order valence-electron chi connectivity index (χ1n) is 4.12. The highest BCUT2D eigenvalue weighted by Crippen LogP contribution is 2.10. The number of carbonyl (C=O) groups excluding carboxylic acids is 1. The molecule has 4 nitrogen and oxygen atoms in total. The van der Waals surface area contributed by atoms with Gasteiger partial charge in [0.15, 0.2) is 0 Å². The van der Waals surface area contributed by atoms with Gasteiger partial charge < -0.3 is 5.73 Å². The van der Waals surface area contributed by atoms with Crippen LogP contribution >= 0.6 is 15.9 Å². The van der Waals surface area contributed by atoms with E-state index in [4.69, 9.17) is 10.6 Å². The molecule has 76 valence electrons. The number of hydrogen-bond donors (Lipinski definition) is 2. The number of hydroxylamine groups is 1. The predicted molar refractivity (Wildman–Crippen MR) is 56.6 cm³/mol. The lowest BCUT2D eigenvalue weighted by Gasteiger charge is -2.04. The molecule has 0 heterocycles. The molecule has 0 aliphatic rings.